The van der Waals surface area contributed by atoms with Crippen molar-refractivity contribution in [3.63, 3.8) is 0 Å². The number of carbonyl (C=O) groups is 4. The van der Waals surface area contributed by atoms with E-state index < -0.39 is 45.7 Å². The van der Waals surface area contributed by atoms with Crippen LogP contribution in [0.2, 0.25) is 8.87 Å². The minimum Gasteiger partial charge on any atom is -0.545 e. The molecule has 0 radical (unpaired) electrons. The molecule has 0 amide bonds. The van der Waals surface area contributed by atoms with Crippen LogP contribution in [0, 0.1) is 11.8 Å². The quantitative estimate of drug-likeness (QED) is 0.0643. The Morgan fingerprint density at radius 2 is 1.10 bits per heavy atom. The van der Waals surface area contributed by atoms with Crippen molar-refractivity contribution < 1.29 is 81.4 Å². The molecule has 0 bridgehead atoms. The van der Waals surface area contributed by atoms with Gasteiger partial charge >= 0.3 is 111 Å². The van der Waals surface area contributed by atoms with E-state index in [4.69, 9.17) is 9.47 Å². The maximum absolute atomic E-state index is 12.1. The van der Waals surface area contributed by atoms with Crippen molar-refractivity contribution in [3.8, 4) is 0 Å². The van der Waals surface area contributed by atoms with Gasteiger partial charge in [-0.15, -0.1) is 0 Å². The van der Waals surface area contributed by atoms with Crippen molar-refractivity contribution in [3.05, 3.63) is 35.4 Å². The summed E-state index contributed by atoms with van der Waals surface area (Å²) < 4.78 is 47.8. The summed E-state index contributed by atoms with van der Waals surface area (Å²) in [5.74, 6) is -4.78. The maximum Gasteiger partial charge on any atom is 1.00 e. The minimum atomic E-state index is -5.01. The monoisotopic (exact) mass is 842 g/mol. The summed E-state index contributed by atoms with van der Waals surface area (Å²) in [6.07, 6.45) is 12.4. The molecule has 0 fully saturated rings. The first kappa shape index (κ1) is 53.2. The van der Waals surface area contributed by atoms with E-state index in [1.165, 1.54) is 37.8 Å². The Morgan fingerprint density at radius 3 is 1.44 bits per heavy atom. The molecule has 0 saturated heterocycles. The van der Waals surface area contributed by atoms with E-state index in [2.05, 4.69) is 27.7 Å². The first-order chi connectivity index (χ1) is 23.2. The number of carboxylic acids is 2. The number of rotatable bonds is 24. The van der Waals surface area contributed by atoms with Crippen LogP contribution in [-0.4, -0.2) is 76.5 Å². The number of ether oxygens (including phenoxy) is 2. The van der Waals surface area contributed by atoms with Gasteiger partial charge in [0.2, 0.25) is 0 Å². The van der Waals surface area contributed by atoms with Gasteiger partial charge in [-0.05, 0) is 24.7 Å². The predicted octanol–water partition coefficient (Wildman–Crippen LogP) is 2.35. The number of carbonyl (C=O) groups excluding carboxylic acids is 4. The Kier molecular flexibility index (Phi) is 35.8. The van der Waals surface area contributed by atoms with Gasteiger partial charge in [0, 0.05) is 11.1 Å². The molecule has 0 N–H and O–H groups in total. The van der Waals surface area contributed by atoms with Crippen molar-refractivity contribution in [2.75, 3.05) is 13.2 Å². The average molecular weight is 842 g/mol. The van der Waals surface area contributed by atoms with Crippen molar-refractivity contribution in [1.82, 2.24) is 0 Å². The summed E-state index contributed by atoms with van der Waals surface area (Å²) in [6.45, 7) is 12.8. The van der Waals surface area contributed by atoms with Crippen molar-refractivity contribution in [2.45, 2.75) is 139 Å². The standard InChI is InChI=1S/C20H38O7S.C8H6O4.2C4H9.Na.Sn/c1-5-9-11-16(7-3)14-26-19(21)13-18(28(23,24)25)20(22)27-15-17(8-4)12-10-6-2;9-7(10)5-3-1-2-4-6(5)8(11)12;2*1-3-4-2;;/h16-18H,5-15H2,1-4H3,(H,23,24,25);1-4H,(H,9,10)(H,11,12);2*1,3-4H2,2H3;;/q;;;;+1;+2/p-3. The largest absolute Gasteiger partial charge is 1.00 e. The number of benzene rings is 1. The van der Waals surface area contributed by atoms with Gasteiger partial charge in [-0.1, -0.05) is 90.5 Å². The smallest absolute Gasteiger partial charge is 0.545 e. The number of esters is 2. The summed E-state index contributed by atoms with van der Waals surface area (Å²) in [5.41, 5.74) is -0.727. The normalized spacial score (nSPS) is 12.2. The average Bonchev–Trinajstić information content (AvgIpc) is 3.07. The first-order valence-electron chi connectivity index (χ1n) is 17.7. The van der Waals surface area contributed by atoms with Crippen LogP contribution in [0.15, 0.2) is 24.3 Å². The molecule has 3 unspecified atom stereocenters. The molecule has 0 spiro atoms. The third-order valence-corrected chi connectivity index (χ3v) is 12.9. The number of hydrogen-bond donors (Lipinski definition) is 0. The zero-order valence-corrected chi connectivity index (χ0v) is 37.1. The minimum absolute atomic E-state index is 0. The molecule has 50 heavy (non-hydrogen) atoms. The second kappa shape index (κ2) is 33.6. The Labute approximate surface area is 333 Å². The fourth-order valence-electron chi connectivity index (χ4n) is 4.38. The Bertz CT molecular complexity index is 1130. The molecule has 0 aliphatic heterocycles. The summed E-state index contributed by atoms with van der Waals surface area (Å²) in [4.78, 5) is 44.8. The summed E-state index contributed by atoms with van der Waals surface area (Å²) in [5, 5.41) is 18.6. The second-order valence-corrected chi connectivity index (χ2v) is 17.7. The van der Waals surface area contributed by atoms with Crippen molar-refractivity contribution in [1.29, 1.82) is 0 Å². The zero-order chi connectivity index (χ0) is 37.7. The van der Waals surface area contributed by atoms with E-state index in [1.54, 1.807) is 8.87 Å². The molecule has 0 aliphatic carbocycles. The molecule has 0 aliphatic rings. The molecule has 1 aromatic carbocycles. The maximum atomic E-state index is 12.1. The summed E-state index contributed by atoms with van der Waals surface area (Å²) >= 11 is 0.149. The summed E-state index contributed by atoms with van der Waals surface area (Å²) in [6, 6.07) is 5.14. The van der Waals surface area contributed by atoms with Crippen LogP contribution in [0.5, 0.6) is 0 Å². The first-order valence-corrected chi connectivity index (χ1v) is 23.2. The molecule has 1 rings (SSSR count). The Morgan fingerprint density at radius 1 is 0.700 bits per heavy atom. The zero-order valence-electron chi connectivity index (χ0n) is 31.5. The van der Waals surface area contributed by atoms with Crippen LogP contribution in [0.4, 0.5) is 0 Å². The number of hydrogen-bond acceptors (Lipinski definition) is 11. The third-order valence-electron chi connectivity index (χ3n) is 7.77. The molecule has 3 atom stereocenters. The van der Waals surface area contributed by atoms with Gasteiger partial charge in [0.25, 0.3) is 0 Å². The van der Waals surface area contributed by atoms with Gasteiger partial charge in [-0.3, -0.25) is 9.59 Å². The van der Waals surface area contributed by atoms with E-state index in [1.807, 2.05) is 13.8 Å². The predicted molar refractivity (Wildman–Crippen MR) is 187 cm³/mol. The van der Waals surface area contributed by atoms with E-state index in [9.17, 15) is 42.4 Å². The molecular weight excluding hydrogens is 782 g/mol. The number of aromatic carboxylic acids is 2. The molecule has 0 heterocycles. The molecular formula is C36H59NaO11SSn. The number of carboxylic acid groups (broad SMARTS) is 2. The topological polar surface area (TPSA) is 190 Å². The molecule has 0 saturated carbocycles. The van der Waals surface area contributed by atoms with Crippen molar-refractivity contribution >= 4 is 55.1 Å². The van der Waals surface area contributed by atoms with Gasteiger partial charge < -0.3 is 33.8 Å². The second-order valence-electron chi connectivity index (χ2n) is 11.9. The van der Waals surface area contributed by atoms with Gasteiger partial charge in [0.05, 0.1) is 31.6 Å². The third kappa shape index (κ3) is 27.5. The van der Waals surface area contributed by atoms with Crippen LogP contribution in [0.3, 0.4) is 0 Å². The Balaban J connectivity index is -0.000000817. The van der Waals surface area contributed by atoms with Crippen LogP contribution >= 0.6 is 0 Å². The van der Waals surface area contributed by atoms with E-state index in [-0.39, 0.29) is 86.9 Å². The van der Waals surface area contributed by atoms with Gasteiger partial charge in [-0.2, -0.15) is 0 Å². The van der Waals surface area contributed by atoms with Crippen LogP contribution in [0.25, 0.3) is 0 Å². The van der Waals surface area contributed by atoms with Gasteiger partial charge in [0.1, 0.15) is 10.1 Å². The van der Waals surface area contributed by atoms with Crippen LogP contribution in [-0.2, 0) is 29.2 Å². The number of unbranched alkanes of at least 4 members (excludes halogenated alkanes) is 4. The Hall–Kier alpha value is -1.19. The van der Waals surface area contributed by atoms with E-state index in [0.717, 1.165) is 63.5 Å². The van der Waals surface area contributed by atoms with Gasteiger partial charge in [-0.25, -0.2) is 8.42 Å². The molecule has 14 heteroatoms. The fourth-order valence-corrected chi connectivity index (χ4v) is 9.18. The SMILES string of the molecule is CCCCC(CC)COC(=O)CC(C(=O)OCC(CC)CCCC)S(=O)(=O)[O-].CCC[CH2][Sn+2][CH2]CCC.O=C([O-])c1ccccc1C(=O)[O-].[Na+]. The molecule has 0 aromatic heterocycles. The fraction of sp³-hybridized carbons (Fsp3) is 0.722. The summed E-state index contributed by atoms with van der Waals surface area (Å²) in [7, 11) is -5.01. The van der Waals surface area contributed by atoms with Crippen LogP contribution < -0.4 is 39.8 Å². The van der Waals surface area contributed by atoms with E-state index in [0.29, 0.717) is 0 Å². The van der Waals surface area contributed by atoms with Gasteiger partial charge in [0.15, 0.2) is 5.25 Å². The molecule has 280 valence electrons. The van der Waals surface area contributed by atoms with E-state index >= 15 is 0 Å². The van der Waals surface area contributed by atoms with Crippen molar-refractivity contribution in [2.24, 2.45) is 11.8 Å². The molecule has 11 nitrogen and oxygen atoms in total. The van der Waals surface area contributed by atoms with Crippen LogP contribution in [0.1, 0.15) is 146 Å². The molecule has 1 aromatic rings.